The molecule has 0 aliphatic heterocycles. The Labute approximate surface area is 103 Å². The van der Waals surface area contributed by atoms with Crippen molar-refractivity contribution in [2.45, 2.75) is 6.92 Å². The molecule has 0 fully saturated rings. The second-order valence-corrected chi connectivity index (χ2v) is 3.67. The van der Waals surface area contributed by atoms with E-state index < -0.39 is 0 Å². The van der Waals surface area contributed by atoms with Crippen LogP contribution < -0.4 is 5.32 Å². The van der Waals surface area contributed by atoms with Crippen molar-refractivity contribution in [1.29, 1.82) is 0 Å². The second-order valence-electron chi connectivity index (χ2n) is 3.67. The minimum atomic E-state index is -0.223. The Morgan fingerprint density at radius 3 is 2.50 bits per heavy atom. The molecule has 1 aromatic carbocycles. The van der Waals surface area contributed by atoms with E-state index in [9.17, 15) is 15.0 Å². The van der Waals surface area contributed by atoms with E-state index in [0.717, 1.165) is 0 Å². The van der Waals surface area contributed by atoms with Gasteiger partial charge in [0.05, 0.1) is 18.1 Å². The standard InChI is InChI=1S/C12H11N3O3/c1-7(16)15-12-6-13-9(5-14-12)8-2-3-10(17)11(18)4-8/h2-6,17-18H,1H3,(H,14,15,16). The van der Waals surface area contributed by atoms with Crippen LogP contribution >= 0.6 is 0 Å². The molecule has 0 unspecified atom stereocenters. The predicted molar refractivity (Wildman–Crippen MR) is 65.1 cm³/mol. The fourth-order valence-electron chi connectivity index (χ4n) is 1.40. The highest BCUT2D eigenvalue weighted by Crippen LogP contribution is 2.29. The minimum Gasteiger partial charge on any atom is -0.504 e. The molecule has 0 atom stereocenters. The van der Waals surface area contributed by atoms with E-state index in [0.29, 0.717) is 17.1 Å². The quantitative estimate of drug-likeness (QED) is 0.697. The molecule has 1 heterocycles. The van der Waals surface area contributed by atoms with Crippen LogP contribution in [0.25, 0.3) is 11.3 Å². The van der Waals surface area contributed by atoms with E-state index in [4.69, 9.17) is 0 Å². The van der Waals surface area contributed by atoms with E-state index >= 15 is 0 Å². The fourth-order valence-corrected chi connectivity index (χ4v) is 1.40. The Hall–Kier alpha value is -2.63. The fraction of sp³-hybridized carbons (Fsp3) is 0.0833. The maximum atomic E-state index is 10.8. The zero-order chi connectivity index (χ0) is 13.1. The Balaban J connectivity index is 2.28. The minimum absolute atomic E-state index is 0.193. The highest BCUT2D eigenvalue weighted by Gasteiger charge is 2.05. The molecule has 2 rings (SSSR count). The van der Waals surface area contributed by atoms with Crippen LogP contribution in [-0.2, 0) is 4.79 Å². The van der Waals surface area contributed by atoms with E-state index in [1.807, 2.05) is 0 Å². The zero-order valence-electron chi connectivity index (χ0n) is 9.58. The molecule has 0 aliphatic carbocycles. The van der Waals surface area contributed by atoms with Crippen LogP contribution in [0.3, 0.4) is 0 Å². The molecule has 0 aliphatic rings. The first-order valence-corrected chi connectivity index (χ1v) is 5.18. The molecule has 2 aromatic rings. The van der Waals surface area contributed by atoms with Gasteiger partial charge < -0.3 is 15.5 Å². The summed E-state index contributed by atoms with van der Waals surface area (Å²) < 4.78 is 0. The van der Waals surface area contributed by atoms with Gasteiger partial charge in [-0.1, -0.05) is 0 Å². The molecule has 3 N–H and O–H groups in total. The summed E-state index contributed by atoms with van der Waals surface area (Å²) >= 11 is 0. The number of benzene rings is 1. The van der Waals surface area contributed by atoms with Gasteiger partial charge in [-0.05, 0) is 18.2 Å². The van der Waals surface area contributed by atoms with Gasteiger partial charge in [-0.3, -0.25) is 9.78 Å². The third kappa shape index (κ3) is 2.54. The SMILES string of the molecule is CC(=O)Nc1cnc(-c2ccc(O)c(O)c2)cn1. The zero-order valence-corrected chi connectivity index (χ0v) is 9.58. The van der Waals surface area contributed by atoms with Crippen molar-refractivity contribution in [3.63, 3.8) is 0 Å². The third-order valence-corrected chi connectivity index (χ3v) is 2.23. The number of hydrogen-bond donors (Lipinski definition) is 3. The van der Waals surface area contributed by atoms with Crippen molar-refractivity contribution in [3.8, 4) is 22.8 Å². The number of rotatable bonds is 2. The Morgan fingerprint density at radius 1 is 1.17 bits per heavy atom. The summed E-state index contributed by atoms with van der Waals surface area (Å²) in [5.41, 5.74) is 1.14. The smallest absolute Gasteiger partial charge is 0.222 e. The van der Waals surface area contributed by atoms with Crippen LogP contribution in [0, 0.1) is 0 Å². The summed E-state index contributed by atoms with van der Waals surface area (Å²) in [6.07, 6.45) is 2.89. The van der Waals surface area contributed by atoms with Crippen molar-refractivity contribution in [3.05, 3.63) is 30.6 Å². The first-order chi connectivity index (χ1) is 8.56. The summed E-state index contributed by atoms with van der Waals surface area (Å²) in [4.78, 5) is 18.9. The Kier molecular flexibility index (Phi) is 3.09. The number of hydrogen-bond acceptors (Lipinski definition) is 5. The van der Waals surface area contributed by atoms with Crippen LogP contribution in [0.15, 0.2) is 30.6 Å². The summed E-state index contributed by atoms with van der Waals surface area (Å²) in [5, 5.41) is 21.1. The number of nitrogens with zero attached hydrogens (tertiary/aromatic N) is 2. The van der Waals surface area contributed by atoms with Gasteiger partial charge in [-0.25, -0.2) is 4.98 Å². The lowest BCUT2D eigenvalue weighted by Crippen LogP contribution is -2.07. The number of phenols is 2. The van der Waals surface area contributed by atoms with E-state index in [1.165, 1.54) is 31.5 Å². The van der Waals surface area contributed by atoms with Gasteiger partial charge in [0.25, 0.3) is 0 Å². The average molecular weight is 245 g/mol. The van der Waals surface area contributed by atoms with Crippen molar-refractivity contribution < 1.29 is 15.0 Å². The number of carbonyl (C=O) groups excluding carboxylic acids is 1. The monoisotopic (exact) mass is 245 g/mol. The average Bonchev–Trinajstić information content (AvgIpc) is 2.33. The summed E-state index contributed by atoms with van der Waals surface area (Å²) in [7, 11) is 0. The molecule has 1 aromatic heterocycles. The molecule has 18 heavy (non-hydrogen) atoms. The number of nitrogens with one attached hydrogen (secondary N) is 1. The van der Waals surface area contributed by atoms with Gasteiger partial charge in [0, 0.05) is 12.5 Å². The molecule has 6 nitrogen and oxygen atoms in total. The first-order valence-electron chi connectivity index (χ1n) is 5.18. The number of aromatic hydroxyl groups is 2. The van der Waals surface area contributed by atoms with Crippen LogP contribution in [-0.4, -0.2) is 26.1 Å². The third-order valence-electron chi connectivity index (χ3n) is 2.23. The summed E-state index contributed by atoms with van der Waals surface area (Å²) in [6.45, 7) is 1.38. The molecule has 0 bridgehead atoms. The van der Waals surface area contributed by atoms with Crippen LogP contribution in [0.2, 0.25) is 0 Å². The number of phenolic OH excluding ortho intramolecular Hbond substituents is 2. The van der Waals surface area contributed by atoms with Crippen LogP contribution in [0.4, 0.5) is 5.82 Å². The van der Waals surface area contributed by atoms with Crippen LogP contribution in [0.1, 0.15) is 6.92 Å². The highest BCUT2D eigenvalue weighted by atomic mass is 16.3. The van der Waals surface area contributed by atoms with E-state index in [1.54, 1.807) is 6.07 Å². The van der Waals surface area contributed by atoms with Crippen LogP contribution in [0.5, 0.6) is 11.5 Å². The molecule has 92 valence electrons. The Morgan fingerprint density at radius 2 is 1.94 bits per heavy atom. The van der Waals surface area contributed by atoms with Gasteiger partial charge in [0.2, 0.25) is 5.91 Å². The molecule has 0 radical (unpaired) electrons. The topological polar surface area (TPSA) is 95.3 Å². The van der Waals surface area contributed by atoms with Gasteiger partial charge in [0.15, 0.2) is 17.3 Å². The normalized spacial score (nSPS) is 10.1. The maximum absolute atomic E-state index is 10.8. The molecular weight excluding hydrogens is 234 g/mol. The van der Waals surface area contributed by atoms with Gasteiger partial charge in [0.1, 0.15) is 0 Å². The largest absolute Gasteiger partial charge is 0.504 e. The number of aromatic nitrogens is 2. The van der Waals surface area contributed by atoms with Gasteiger partial charge in [-0.15, -0.1) is 0 Å². The maximum Gasteiger partial charge on any atom is 0.222 e. The summed E-state index contributed by atoms with van der Waals surface area (Å²) in [5.74, 6) is -0.282. The molecule has 0 spiro atoms. The predicted octanol–water partition coefficient (Wildman–Crippen LogP) is 1.51. The number of anilines is 1. The van der Waals surface area contributed by atoms with E-state index in [-0.39, 0.29) is 17.4 Å². The molecule has 0 saturated carbocycles. The molecule has 1 amide bonds. The molecular formula is C12H11N3O3. The van der Waals surface area contributed by atoms with Crippen molar-refractivity contribution in [2.75, 3.05) is 5.32 Å². The van der Waals surface area contributed by atoms with Crippen molar-refractivity contribution in [1.82, 2.24) is 9.97 Å². The van der Waals surface area contributed by atoms with Gasteiger partial charge in [-0.2, -0.15) is 0 Å². The first kappa shape index (κ1) is 11.8. The molecule has 0 saturated heterocycles. The van der Waals surface area contributed by atoms with Gasteiger partial charge >= 0.3 is 0 Å². The van der Waals surface area contributed by atoms with Crippen molar-refractivity contribution in [2.24, 2.45) is 0 Å². The van der Waals surface area contributed by atoms with E-state index in [2.05, 4.69) is 15.3 Å². The lowest BCUT2D eigenvalue weighted by atomic mass is 10.1. The lowest BCUT2D eigenvalue weighted by molar-refractivity contribution is -0.114. The Bertz CT molecular complexity index is 582. The summed E-state index contributed by atoms with van der Waals surface area (Å²) in [6, 6.07) is 4.36. The number of carbonyl (C=O) groups is 1. The molecule has 6 heteroatoms. The highest BCUT2D eigenvalue weighted by molar-refractivity contribution is 5.87. The van der Waals surface area contributed by atoms with Crippen molar-refractivity contribution >= 4 is 11.7 Å². The number of amides is 1. The lowest BCUT2D eigenvalue weighted by Gasteiger charge is -2.04. The second kappa shape index (κ2) is 4.70.